The number of aliphatic hydroxyl groups is 1. The van der Waals surface area contributed by atoms with E-state index >= 15 is 0 Å². The van der Waals surface area contributed by atoms with Crippen LogP contribution >= 0.6 is 27.3 Å². The lowest BCUT2D eigenvalue weighted by Crippen LogP contribution is -2.15. The Balaban J connectivity index is 2.13. The maximum absolute atomic E-state index is 12.9. The van der Waals surface area contributed by atoms with Crippen LogP contribution in [-0.2, 0) is 6.18 Å². The largest absolute Gasteiger partial charge is 0.418 e. The van der Waals surface area contributed by atoms with Crippen molar-refractivity contribution in [2.45, 2.75) is 12.3 Å². The Labute approximate surface area is 126 Å². The summed E-state index contributed by atoms with van der Waals surface area (Å²) in [5.74, 6) is 0. The van der Waals surface area contributed by atoms with E-state index in [0.29, 0.717) is 10.0 Å². The van der Waals surface area contributed by atoms with Gasteiger partial charge in [0, 0.05) is 16.7 Å². The van der Waals surface area contributed by atoms with Crippen LogP contribution in [0.25, 0.3) is 0 Å². The lowest BCUT2D eigenvalue weighted by molar-refractivity contribution is -0.137. The summed E-state index contributed by atoms with van der Waals surface area (Å²) in [4.78, 5) is 0. The van der Waals surface area contributed by atoms with E-state index < -0.39 is 17.8 Å². The normalized spacial score (nSPS) is 13.2. The molecule has 1 atom stereocenters. The molecule has 0 aliphatic rings. The minimum Gasteiger partial charge on any atom is -0.387 e. The van der Waals surface area contributed by atoms with E-state index in [-0.39, 0.29) is 12.2 Å². The first-order valence-electron chi connectivity index (χ1n) is 5.68. The Kier molecular flexibility index (Phi) is 4.72. The summed E-state index contributed by atoms with van der Waals surface area (Å²) in [6.45, 7) is 0.0153. The van der Waals surface area contributed by atoms with Gasteiger partial charge >= 0.3 is 6.18 Å². The minimum atomic E-state index is -4.44. The van der Waals surface area contributed by atoms with Crippen LogP contribution in [0.1, 0.15) is 17.2 Å². The third kappa shape index (κ3) is 3.74. The van der Waals surface area contributed by atoms with E-state index in [4.69, 9.17) is 0 Å². The number of rotatable bonds is 4. The van der Waals surface area contributed by atoms with Gasteiger partial charge in [-0.25, -0.2) is 0 Å². The van der Waals surface area contributed by atoms with Crippen LogP contribution in [0.3, 0.4) is 0 Å². The molecule has 0 fully saturated rings. The summed E-state index contributed by atoms with van der Waals surface area (Å²) in [5, 5.41) is 16.1. The second-order valence-electron chi connectivity index (χ2n) is 4.14. The van der Waals surface area contributed by atoms with Crippen molar-refractivity contribution in [3.63, 3.8) is 0 Å². The van der Waals surface area contributed by atoms with E-state index in [2.05, 4.69) is 21.2 Å². The topological polar surface area (TPSA) is 32.3 Å². The van der Waals surface area contributed by atoms with Crippen LogP contribution in [0.5, 0.6) is 0 Å². The van der Waals surface area contributed by atoms with Gasteiger partial charge in [-0.1, -0.05) is 15.9 Å². The highest BCUT2D eigenvalue weighted by Crippen LogP contribution is 2.36. The average Bonchev–Trinajstić information content (AvgIpc) is 2.89. The Hall–Kier alpha value is -1.05. The van der Waals surface area contributed by atoms with Crippen molar-refractivity contribution in [3.05, 3.63) is 50.6 Å². The van der Waals surface area contributed by atoms with Gasteiger partial charge in [0.15, 0.2) is 0 Å². The van der Waals surface area contributed by atoms with Crippen LogP contribution in [0.4, 0.5) is 18.9 Å². The fraction of sp³-hybridized carbons (Fsp3) is 0.231. The zero-order valence-corrected chi connectivity index (χ0v) is 12.5. The summed E-state index contributed by atoms with van der Waals surface area (Å²) >= 11 is 4.45. The van der Waals surface area contributed by atoms with Crippen molar-refractivity contribution >= 4 is 33.0 Å². The highest BCUT2D eigenvalue weighted by molar-refractivity contribution is 9.10. The Morgan fingerprint density at radius 1 is 1.30 bits per heavy atom. The van der Waals surface area contributed by atoms with Gasteiger partial charge < -0.3 is 10.4 Å². The van der Waals surface area contributed by atoms with Crippen LogP contribution in [0.2, 0.25) is 0 Å². The van der Waals surface area contributed by atoms with Crippen molar-refractivity contribution in [3.8, 4) is 0 Å². The van der Waals surface area contributed by atoms with Crippen LogP contribution in [0.15, 0.2) is 39.5 Å². The Bertz CT molecular complexity index is 571. The van der Waals surface area contributed by atoms with E-state index in [1.54, 1.807) is 16.8 Å². The number of alkyl halides is 3. The van der Waals surface area contributed by atoms with E-state index in [9.17, 15) is 18.3 Å². The standard InChI is InChI=1S/C13H11BrF3NOS/c14-9-1-2-11(10(5-9)13(15,16)17)18-6-12(19)8-3-4-20-7-8/h1-5,7,12,18-19H,6H2. The SMILES string of the molecule is OC(CNc1ccc(Br)cc1C(F)(F)F)c1ccsc1. The molecule has 0 saturated carbocycles. The van der Waals surface area contributed by atoms with Crippen molar-refractivity contribution in [2.24, 2.45) is 0 Å². The first-order valence-corrected chi connectivity index (χ1v) is 7.42. The fourth-order valence-electron chi connectivity index (χ4n) is 1.69. The van der Waals surface area contributed by atoms with Crippen LogP contribution < -0.4 is 5.32 Å². The number of aliphatic hydroxyl groups excluding tert-OH is 1. The molecule has 1 aromatic heterocycles. The second kappa shape index (κ2) is 6.15. The number of anilines is 1. The minimum absolute atomic E-state index is 0.0153. The number of halogens is 4. The van der Waals surface area contributed by atoms with Gasteiger partial charge in [0.25, 0.3) is 0 Å². The summed E-state index contributed by atoms with van der Waals surface area (Å²) < 4.78 is 39.1. The quantitative estimate of drug-likeness (QED) is 0.824. The van der Waals surface area contributed by atoms with Gasteiger partial charge in [-0.15, -0.1) is 0 Å². The molecule has 0 aliphatic heterocycles. The van der Waals surface area contributed by atoms with Crippen molar-refractivity contribution in [1.29, 1.82) is 0 Å². The first kappa shape index (κ1) is 15.3. The molecule has 0 amide bonds. The van der Waals surface area contributed by atoms with Crippen molar-refractivity contribution in [1.82, 2.24) is 0 Å². The molecule has 0 saturated heterocycles. The molecule has 0 bridgehead atoms. The number of thiophene rings is 1. The molecule has 2 N–H and O–H groups in total. The summed E-state index contributed by atoms with van der Waals surface area (Å²) in [5.41, 5.74) is -0.118. The molecule has 108 valence electrons. The first-order chi connectivity index (χ1) is 9.38. The Morgan fingerprint density at radius 2 is 2.05 bits per heavy atom. The molecule has 0 radical (unpaired) electrons. The zero-order valence-electron chi connectivity index (χ0n) is 10.1. The monoisotopic (exact) mass is 365 g/mol. The van der Waals surface area contributed by atoms with E-state index in [0.717, 1.165) is 6.07 Å². The zero-order chi connectivity index (χ0) is 14.8. The lowest BCUT2D eigenvalue weighted by atomic mass is 10.1. The predicted octanol–water partition coefficient (Wildman–Crippen LogP) is 4.67. The van der Waals surface area contributed by atoms with Crippen LogP contribution in [-0.4, -0.2) is 11.7 Å². The van der Waals surface area contributed by atoms with Gasteiger partial charge in [0.05, 0.1) is 11.7 Å². The van der Waals surface area contributed by atoms with Gasteiger partial charge in [-0.05, 0) is 40.6 Å². The van der Waals surface area contributed by atoms with Gasteiger partial charge in [-0.2, -0.15) is 24.5 Å². The van der Waals surface area contributed by atoms with Crippen LogP contribution in [0, 0.1) is 0 Å². The smallest absolute Gasteiger partial charge is 0.387 e. The molecule has 20 heavy (non-hydrogen) atoms. The van der Waals surface area contributed by atoms with Gasteiger partial charge in [-0.3, -0.25) is 0 Å². The average molecular weight is 366 g/mol. The van der Waals surface area contributed by atoms with E-state index in [1.165, 1.54) is 23.5 Å². The molecule has 1 aromatic carbocycles. The summed E-state index contributed by atoms with van der Waals surface area (Å²) in [6, 6.07) is 5.62. The van der Waals surface area contributed by atoms with E-state index in [1.807, 2.05) is 0 Å². The fourth-order valence-corrected chi connectivity index (χ4v) is 2.76. The molecule has 1 unspecified atom stereocenters. The van der Waals surface area contributed by atoms with Crippen molar-refractivity contribution in [2.75, 3.05) is 11.9 Å². The molecule has 2 nitrogen and oxygen atoms in total. The van der Waals surface area contributed by atoms with Gasteiger partial charge in [0.2, 0.25) is 0 Å². The predicted molar refractivity (Wildman–Crippen MR) is 76.9 cm³/mol. The molecule has 2 rings (SSSR count). The molecule has 0 spiro atoms. The second-order valence-corrected chi connectivity index (χ2v) is 5.84. The Morgan fingerprint density at radius 3 is 2.65 bits per heavy atom. The molecular formula is C13H11BrF3NOS. The molecule has 1 heterocycles. The maximum Gasteiger partial charge on any atom is 0.418 e. The lowest BCUT2D eigenvalue weighted by Gasteiger charge is -2.17. The highest BCUT2D eigenvalue weighted by Gasteiger charge is 2.33. The summed E-state index contributed by atoms with van der Waals surface area (Å²) in [6.07, 6.45) is -5.29. The number of hydrogen-bond donors (Lipinski definition) is 2. The summed E-state index contributed by atoms with van der Waals surface area (Å²) in [7, 11) is 0. The highest BCUT2D eigenvalue weighted by atomic mass is 79.9. The number of nitrogens with one attached hydrogen (secondary N) is 1. The molecule has 0 aliphatic carbocycles. The number of hydrogen-bond acceptors (Lipinski definition) is 3. The maximum atomic E-state index is 12.9. The molecular weight excluding hydrogens is 355 g/mol. The third-order valence-electron chi connectivity index (χ3n) is 2.70. The molecule has 7 heteroatoms. The van der Waals surface area contributed by atoms with Crippen molar-refractivity contribution < 1.29 is 18.3 Å². The number of benzene rings is 1. The molecule has 2 aromatic rings. The third-order valence-corrected chi connectivity index (χ3v) is 3.90. The van der Waals surface area contributed by atoms with Gasteiger partial charge in [0.1, 0.15) is 0 Å².